The summed E-state index contributed by atoms with van der Waals surface area (Å²) in [5.41, 5.74) is 0. The molecule has 114 valence electrons. The molecule has 4 bridgehead atoms. The van der Waals surface area contributed by atoms with Gasteiger partial charge in [-0.2, -0.15) is 0 Å². The van der Waals surface area contributed by atoms with E-state index in [-0.39, 0.29) is 6.03 Å². The van der Waals surface area contributed by atoms with Crippen molar-refractivity contribution in [2.75, 3.05) is 6.54 Å². The first-order valence-corrected chi connectivity index (χ1v) is 8.16. The summed E-state index contributed by atoms with van der Waals surface area (Å²) in [4.78, 5) is 12.1. The van der Waals surface area contributed by atoms with Crippen molar-refractivity contribution in [2.24, 2.45) is 23.7 Å². The third-order valence-electron chi connectivity index (χ3n) is 5.62. The van der Waals surface area contributed by atoms with Gasteiger partial charge in [-0.15, -0.1) is 5.10 Å². The Labute approximate surface area is 124 Å². The second-order valence-electron chi connectivity index (χ2n) is 7.02. The lowest BCUT2D eigenvalue weighted by atomic mass is 9.54. The second kappa shape index (κ2) is 5.31. The van der Waals surface area contributed by atoms with Gasteiger partial charge in [0.25, 0.3) is 0 Å². The minimum atomic E-state index is -0.0208. The fourth-order valence-corrected chi connectivity index (χ4v) is 5.00. The van der Waals surface area contributed by atoms with Crippen LogP contribution in [0, 0.1) is 23.7 Å². The number of nitrogens with zero attached hydrogens (tertiary/aromatic N) is 3. The van der Waals surface area contributed by atoms with Crippen molar-refractivity contribution < 1.29 is 4.79 Å². The smallest absolute Gasteiger partial charge is 0.315 e. The first-order valence-electron chi connectivity index (χ1n) is 8.16. The van der Waals surface area contributed by atoms with E-state index in [9.17, 15) is 4.79 Å². The highest BCUT2D eigenvalue weighted by atomic mass is 16.2. The predicted molar refractivity (Wildman–Crippen MR) is 77.4 cm³/mol. The van der Waals surface area contributed by atoms with E-state index in [4.69, 9.17) is 0 Å². The highest BCUT2D eigenvalue weighted by Gasteiger charge is 2.48. The van der Waals surface area contributed by atoms with Gasteiger partial charge >= 0.3 is 6.03 Å². The Bertz CT molecular complexity index is 472. The first-order chi connectivity index (χ1) is 10.3. The maximum atomic E-state index is 12.1. The molecule has 4 fully saturated rings. The van der Waals surface area contributed by atoms with E-state index in [0.717, 1.165) is 23.7 Å². The highest BCUT2D eigenvalue weighted by molar-refractivity contribution is 5.74. The maximum Gasteiger partial charge on any atom is 0.315 e. The summed E-state index contributed by atoms with van der Waals surface area (Å²) in [6.45, 7) is 1.25. The second-order valence-corrected chi connectivity index (χ2v) is 7.02. The van der Waals surface area contributed by atoms with Crippen LogP contribution >= 0.6 is 0 Å². The zero-order valence-electron chi connectivity index (χ0n) is 12.2. The number of hydrogen-bond acceptors (Lipinski definition) is 3. The molecule has 0 aromatic carbocycles. The molecule has 6 nitrogen and oxygen atoms in total. The molecule has 1 aromatic rings. The lowest BCUT2D eigenvalue weighted by molar-refractivity contribution is -0.00941. The van der Waals surface area contributed by atoms with E-state index in [2.05, 4.69) is 20.9 Å². The molecule has 1 aromatic heterocycles. The summed E-state index contributed by atoms with van der Waals surface area (Å²) < 4.78 is 1.73. The molecule has 2 N–H and O–H groups in total. The summed E-state index contributed by atoms with van der Waals surface area (Å²) in [6.07, 6.45) is 10.2. The highest BCUT2D eigenvalue weighted by Crippen LogP contribution is 2.53. The van der Waals surface area contributed by atoms with Crippen LogP contribution in [0.25, 0.3) is 0 Å². The molecular formula is C15H23N5O. The molecule has 6 heteroatoms. The lowest BCUT2D eigenvalue weighted by Crippen LogP contribution is -2.57. The molecular weight excluding hydrogens is 266 g/mol. The van der Waals surface area contributed by atoms with Crippen LogP contribution in [0.5, 0.6) is 0 Å². The number of hydrogen-bond donors (Lipinski definition) is 2. The average Bonchev–Trinajstić information content (AvgIpc) is 2.95. The van der Waals surface area contributed by atoms with Crippen LogP contribution in [0.15, 0.2) is 12.4 Å². The van der Waals surface area contributed by atoms with E-state index in [1.165, 1.54) is 32.1 Å². The van der Waals surface area contributed by atoms with Gasteiger partial charge < -0.3 is 10.6 Å². The molecule has 0 saturated heterocycles. The standard InChI is InChI=1S/C15H23N5O/c21-15(16-1-3-20-4-2-17-19-20)18-14-12-6-10-5-11(8-12)9-13(14)7-10/h2,4,10-14H,1,3,5-9H2,(H2,16,18,21). The molecule has 4 aliphatic carbocycles. The van der Waals surface area contributed by atoms with Gasteiger partial charge in [0.1, 0.15) is 0 Å². The Hall–Kier alpha value is -1.59. The van der Waals surface area contributed by atoms with E-state index < -0.39 is 0 Å². The Morgan fingerprint density at radius 1 is 1.14 bits per heavy atom. The lowest BCUT2D eigenvalue weighted by Gasteiger charge is -2.54. The van der Waals surface area contributed by atoms with E-state index in [0.29, 0.717) is 19.1 Å². The van der Waals surface area contributed by atoms with Crippen molar-refractivity contribution >= 4 is 6.03 Å². The molecule has 1 heterocycles. The van der Waals surface area contributed by atoms with Crippen molar-refractivity contribution in [3.8, 4) is 0 Å². The number of urea groups is 1. The van der Waals surface area contributed by atoms with Crippen LogP contribution in [0.4, 0.5) is 4.79 Å². The fourth-order valence-electron chi connectivity index (χ4n) is 5.00. The summed E-state index contributed by atoms with van der Waals surface area (Å²) in [5, 5.41) is 13.8. The third kappa shape index (κ3) is 2.63. The number of rotatable bonds is 4. The molecule has 5 rings (SSSR count). The molecule has 4 aliphatic rings. The van der Waals surface area contributed by atoms with E-state index in [1.54, 1.807) is 17.1 Å². The SMILES string of the molecule is O=C(NCCn1ccnn1)NC1C2CC3CC(C2)CC1C3. The van der Waals surface area contributed by atoms with Crippen molar-refractivity contribution in [3.05, 3.63) is 12.4 Å². The average molecular weight is 289 g/mol. The minimum Gasteiger partial charge on any atom is -0.336 e. The van der Waals surface area contributed by atoms with Gasteiger partial charge in [-0.1, -0.05) is 5.21 Å². The number of carbonyl (C=O) groups excluding carboxylic acids is 1. The summed E-state index contributed by atoms with van der Waals surface area (Å²) >= 11 is 0. The van der Waals surface area contributed by atoms with E-state index in [1.807, 2.05) is 0 Å². The third-order valence-corrected chi connectivity index (χ3v) is 5.62. The maximum absolute atomic E-state index is 12.1. The van der Waals surface area contributed by atoms with Crippen molar-refractivity contribution in [3.63, 3.8) is 0 Å². The number of amides is 2. The zero-order valence-corrected chi connectivity index (χ0v) is 12.2. The summed E-state index contributed by atoms with van der Waals surface area (Å²) in [6, 6.07) is 0.386. The first kappa shape index (κ1) is 13.1. The van der Waals surface area contributed by atoms with Crippen LogP contribution in [0.2, 0.25) is 0 Å². The molecule has 0 unspecified atom stereocenters. The number of nitrogens with one attached hydrogen (secondary N) is 2. The predicted octanol–water partition coefficient (Wildman–Crippen LogP) is 1.40. The number of carbonyl (C=O) groups is 1. The largest absolute Gasteiger partial charge is 0.336 e. The molecule has 2 amide bonds. The summed E-state index contributed by atoms with van der Waals surface area (Å²) in [7, 11) is 0. The van der Waals surface area contributed by atoms with Gasteiger partial charge in [0.2, 0.25) is 0 Å². The summed E-state index contributed by atoms with van der Waals surface area (Å²) in [5.74, 6) is 3.34. The van der Waals surface area contributed by atoms with Gasteiger partial charge in [0.05, 0.1) is 12.7 Å². The van der Waals surface area contributed by atoms with Crippen LogP contribution in [-0.2, 0) is 6.54 Å². The normalized spacial score (nSPS) is 36.7. The monoisotopic (exact) mass is 289 g/mol. The van der Waals surface area contributed by atoms with E-state index >= 15 is 0 Å². The zero-order chi connectivity index (χ0) is 14.2. The van der Waals surface area contributed by atoms with Crippen LogP contribution in [0.1, 0.15) is 32.1 Å². The van der Waals surface area contributed by atoms with Crippen LogP contribution < -0.4 is 10.6 Å². The van der Waals surface area contributed by atoms with Gasteiger partial charge in [-0.3, -0.25) is 4.68 Å². The topological polar surface area (TPSA) is 71.8 Å². The quantitative estimate of drug-likeness (QED) is 0.880. The molecule has 0 spiro atoms. The van der Waals surface area contributed by atoms with Crippen molar-refractivity contribution in [1.29, 1.82) is 0 Å². The van der Waals surface area contributed by atoms with Crippen molar-refractivity contribution in [1.82, 2.24) is 25.6 Å². The van der Waals surface area contributed by atoms with Gasteiger partial charge in [0.15, 0.2) is 0 Å². The molecule has 0 radical (unpaired) electrons. The molecule has 21 heavy (non-hydrogen) atoms. The van der Waals surface area contributed by atoms with Crippen LogP contribution in [-0.4, -0.2) is 33.6 Å². The molecule has 0 atom stereocenters. The van der Waals surface area contributed by atoms with Gasteiger partial charge in [0, 0.05) is 18.8 Å². The van der Waals surface area contributed by atoms with Gasteiger partial charge in [-0.05, 0) is 55.8 Å². The number of aromatic nitrogens is 3. The Kier molecular flexibility index (Phi) is 3.31. The van der Waals surface area contributed by atoms with Crippen molar-refractivity contribution in [2.45, 2.75) is 44.7 Å². The Morgan fingerprint density at radius 3 is 2.48 bits per heavy atom. The molecule has 4 saturated carbocycles. The Morgan fingerprint density at radius 2 is 1.86 bits per heavy atom. The Balaban J connectivity index is 1.27. The fraction of sp³-hybridized carbons (Fsp3) is 0.800. The van der Waals surface area contributed by atoms with Gasteiger partial charge in [-0.25, -0.2) is 4.79 Å². The van der Waals surface area contributed by atoms with Crippen LogP contribution in [0.3, 0.4) is 0 Å². The minimum absolute atomic E-state index is 0.0208. The molecule has 0 aliphatic heterocycles.